The van der Waals surface area contributed by atoms with E-state index in [-0.39, 0.29) is 5.91 Å². The molecule has 0 unspecified atom stereocenters. The van der Waals surface area contributed by atoms with Crippen molar-refractivity contribution >= 4 is 23.6 Å². The highest BCUT2D eigenvalue weighted by molar-refractivity contribution is 6.30. The minimum atomic E-state index is -0.144. The number of carbonyl (C=O) groups excluding carboxylic acids is 1. The molecule has 1 saturated heterocycles. The minimum Gasteiger partial charge on any atom is -0.489 e. The molecule has 0 saturated carbocycles. The predicted molar refractivity (Wildman–Crippen MR) is 105 cm³/mol. The van der Waals surface area contributed by atoms with Crippen molar-refractivity contribution in [3.8, 4) is 5.75 Å². The molecule has 1 aromatic carbocycles. The van der Waals surface area contributed by atoms with Gasteiger partial charge in [0.25, 0.3) is 5.91 Å². The summed E-state index contributed by atoms with van der Waals surface area (Å²) >= 11 is 6.10. The van der Waals surface area contributed by atoms with E-state index in [1.54, 1.807) is 12.1 Å². The van der Waals surface area contributed by atoms with Gasteiger partial charge in [-0.3, -0.25) is 9.69 Å². The van der Waals surface area contributed by atoms with Gasteiger partial charge in [0.2, 0.25) is 0 Å². The Morgan fingerprint density at radius 2 is 2.26 bits per heavy atom. The molecule has 1 N–H and O–H groups in total. The number of nitrogens with zero attached hydrogens (tertiary/aromatic N) is 1. The number of hydrogen-bond donors (Lipinski definition) is 1. The van der Waals surface area contributed by atoms with E-state index in [0.717, 1.165) is 48.8 Å². The Kier molecular flexibility index (Phi) is 5.50. The number of hydrogen-bond acceptors (Lipinski definition) is 4. The summed E-state index contributed by atoms with van der Waals surface area (Å²) in [7, 11) is 0. The summed E-state index contributed by atoms with van der Waals surface area (Å²) in [5, 5.41) is 3.71. The maximum Gasteiger partial charge on any atom is 0.286 e. The lowest BCUT2D eigenvalue weighted by Crippen LogP contribution is -2.42. The fraction of sp³-hybridized carbons (Fsp3) is 0.381. The minimum absolute atomic E-state index is 0.144. The van der Waals surface area contributed by atoms with E-state index in [1.807, 2.05) is 18.2 Å². The average molecular weight is 387 g/mol. The van der Waals surface area contributed by atoms with Crippen LogP contribution in [0.5, 0.6) is 5.75 Å². The molecule has 0 aliphatic carbocycles. The second-order valence-corrected chi connectivity index (χ2v) is 7.64. The Morgan fingerprint density at radius 1 is 1.33 bits per heavy atom. The van der Waals surface area contributed by atoms with Crippen molar-refractivity contribution < 1.29 is 13.9 Å². The molecular formula is C21H23ClN2O3. The highest BCUT2D eigenvalue weighted by atomic mass is 35.5. The lowest BCUT2D eigenvalue weighted by molar-refractivity contribution is 0.0906. The predicted octanol–water partition coefficient (Wildman–Crippen LogP) is 3.85. The maximum absolute atomic E-state index is 12.0. The van der Waals surface area contributed by atoms with Gasteiger partial charge >= 0.3 is 0 Å². The third-order valence-corrected chi connectivity index (χ3v) is 5.31. The molecule has 0 bridgehead atoms. The summed E-state index contributed by atoms with van der Waals surface area (Å²) < 4.78 is 11.0. The quantitative estimate of drug-likeness (QED) is 0.848. The van der Waals surface area contributed by atoms with Crippen molar-refractivity contribution in [3.05, 3.63) is 58.5 Å². The van der Waals surface area contributed by atoms with Crippen molar-refractivity contribution in [3.63, 3.8) is 0 Å². The summed E-state index contributed by atoms with van der Waals surface area (Å²) in [5.74, 6) is 1.56. The number of fused-ring (bicyclic) bond motifs is 1. The normalized spacial score (nSPS) is 19.7. The summed E-state index contributed by atoms with van der Waals surface area (Å²) in [6.45, 7) is 4.21. The van der Waals surface area contributed by atoms with Crippen LogP contribution in [0.4, 0.5) is 0 Å². The Labute approximate surface area is 163 Å². The molecule has 5 nitrogen and oxygen atoms in total. The number of amides is 1. The first kappa shape index (κ1) is 18.1. The van der Waals surface area contributed by atoms with Gasteiger partial charge in [-0.1, -0.05) is 11.6 Å². The van der Waals surface area contributed by atoms with Crippen LogP contribution in [-0.4, -0.2) is 43.6 Å². The molecular weight excluding hydrogens is 364 g/mol. The first-order chi connectivity index (χ1) is 13.2. The zero-order chi connectivity index (χ0) is 18.6. The Balaban J connectivity index is 1.31. The first-order valence-corrected chi connectivity index (χ1v) is 9.71. The molecule has 2 aliphatic heterocycles. The van der Waals surface area contributed by atoms with Gasteiger partial charge in [0.15, 0.2) is 5.76 Å². The molecule has 27 heavy (non-hydrogen) atoms. The molecule has 0 radical (unpaired) electrons. The maximum atomic E-state index is 12.0. The fourth-order valence-corrected chi connectivity index (χ4v) is 3.95. The first-order valence-electron chi connectivity index (χ1n) is 9.33. The molecule has 142 valence electrons. The van der Waals surface area contributed by atoms with Crippen molar-refractivity contribution in [1.82, 2.24) is 10.2 Å². The van der Waals surface area contributed by atoms with Crippen LogP contribution >= 0.6 is 11.6 Å². The van der Waals surface area contributed by atoms with E-state index < -0.39 is 0 Å². The lowest BCUT2D eigenvalue weighted by atomic mass is 9.97. The molecule has 2 aliphatic rings. The highest BCUT2D eigenvalue weighted by Gasteiger charge is 2.23. The summed E-state index contributed by atoms with van der Waals surface area (Å²) in [5.41, 5.74) is 2.30. The van der Waals surface area contributed by atoms with E-state index in [9.17, 15) is 4.79 Å². The van der Waals surface area contributed by atoms with Gasteiger partial charge in [0, 0.05) is 30.2 Å². The van der Waals surface area contributed by atoms with Gasteiger partial charge in [-0.25, -0.2) is 0 Å². The van der Waals surface area contributed by atoms with Crippen molar-refractivity contribution in [2.45, 2.75) is 12.8 Å². The molecule has 6 heteroatoms. The lowest BCUT2D eigenvalue weighted by Gasteiger charge is -2.34. The zero-order valence-corrected chi connectivity index (χ0v) is 15.9. The van der Waals surface area contributed by atoms with E-state index in [4.69, 9.17) is 20.8 Å². The molecule has 1 amide bonds. The second-order valence-electron chi connectivity index (χ2n) is 7.20. The number of ether oxygens (including phenoxy) is 1. The van der Waals surface area contributed by atoms with Crippen molar-refractivity contribution in [2.75, 3.05) is 32.8 Å². The summed E-state index contributed by atoms with van der Waals surface area (Å²) in [6.07, 6.45) is 5.97. The zero-order valence-electron chi connectivity index (χ0n) is 15.1. The smallest absolute Gasteiger partial charge is 0.286 e. The highest BCUT2D eigenvalue weighted by Crippen LogP contribution is 2.29. The van der Waals surface area contributed by atoms with Crippen LogP contribution < -0.4 is 10.1 Å². The second kappa shape index (κ2) is 8.19. The van der Waals surface area contributed by atoms with Crippen LogP contribution in [0.1, 0.15) is 29.0 Å². The van der Waals surface area contributed by atoms with Gasteiger partial charge in [-0.05, 0) is 67.3 Å². The monoisotopic (exact) mass is 386 g/mol. The number of piperidine rings is 1. The van der Waals surface area contributed by atoms with Crippen LogP contribution in [0.15, 0.2) is 46.6 Å². The Morgan fingerprint density at radius 3 is 3.11 bits per heavy atom. The summed E-state index contributed by atoms with van der Waals surface area (Å²) in [6, 6.07) is 9.12. The summed E-state index contributed by atoms with van der Waals surface area (Å²) in [4.78, 5) is 14.5. The van der Waals surface area contributed by atoms with E-state index in [2.05, 4.69) is 16.3 Å². The molecule has 1 aromatic heterocycles. The van der Waals surface area contributed by atoms with Crippen LogP contribution in [0.25, 0.3) is 6.08 Å². The van der Waals surface area contributed by atoms with E-state index in [1.165, 1.54) is 11.8 Å². The number of furan rings is 1. The van der Waals surface area contributed by atoms with Crippen molar-refractivity contribution in [2.24, 2.45) is 5.92 Å². The topological polar surface area (TPSA) is 54.7 Å². The third-order valence-electron chi connectivity index (χ3n) is 5.07. The number of halogens is 1. The van der Waals surface area contributed by atoms with Crippen LogP contribution in [-0.2, 0) is 0 Å². The van der Waals surface area contributed by atoms with Gasteiger partial charge in [0.05, 0.1) is 6.26 Å². The van der Waals surface area contributed by atoms with E-state index in [0.29, 0.717) is 24.8 Å². The average Bonchev–Trinajstić information content (AvgIpc) is 3.21. The number of benzene rings is 1. The molecule has 3 heterocycles. The van der Waals surface area contributed by atoms with Gasteiger partial charge in [-0.2, -0.15) is 0 Å². The number of carbonyl (C=O) groups is 1. The van der Waals surface area contributed by atoms with Crippen LogP contribution in [0.2, 0.25) is 5.02 Å². The Hall–Kier alpha value is -2.24. The molecule has 0 spiro atoms. The van der Waals surface area contributed by atoms with Crippen LogP contribution in [0.3, 0.4) is 0 Å². The third kappa shape index (κ3) is 4.54. The van der Waals surface area contributed by atoms with E-state index >= 15 is 0 Å². The van der Waals surface area contributed by atoms with Gasteiger partial charge in [0.1, 0.15) is 12.4 Å². The number of rotatable bonds is 5. The van der Waals surface area contributed by atoms with Crippen LogP contribution in [0, 0.1) is 5.92 Å². The standard InChI is InChI=1S/C21H23ClN2O3/c22-18-5-6-19-17(10-18)9-16(14-27-19)13-24-7-1-3-15(12-24)11-23-21(25)20-4-2-8-26-20/h2,4-6,8-10,15H,1,3,7,11-14H2,(H,23,25)/t15-/m0/s1. The SMILES string of the molecule is O=C(NC[C@@H]1CCCN(CC2=Cc3cc(Cl)ccc3OC2)C1)c1ccco1. The van der Waals surface area contributed by atoms with Gasteiger partial charge in [-0.15, -0.1) is 0 Å². The number of nitrogens with one attached hydrogen (secondary N) is 1. The Bertz CT molecular complexity index is 832. The molecule has 1 fully saturated rings. The molecule has 1 atom stereocenters. The largest absolute Gasteiger partial charge is 0.489 e. The molecule has 4 rings (SSSR count). The van der Waals surface area contributed by atoms with Crippen molar-refractivity contribution in [1.29, 1.82) is 0 Å². The van der Waals surface area contributed by atoms with Gasteiger partial charge < -0.3 is 14.5 Å². The fourth-order valence-electron chi connectivity index (χ4n) is 3.77. The number of likely N-dealkylation sites (tertiary alicyclic amines) is 1. The molecule has 2 aromatic rings.